The number of nitrogens with one attached hydrogen (secondary N) is 2. The van der Waals surface area contributed by atoms with Gasteiger partial charge in [0.05, 0.1) is 5.69 Å². The number of nitrogens with zero attached hydrogens (tertiary/aromatic N) is 1. The third kappa shape index (κ3) is 3.28. The molecule has 6 heteroatoms. The number of carbonyl (C=O) groups is 1. The number of aromatic nitrogens is 1. The van der Waals surface area contributed by atoms with Gasteiger partial charge in [-0.25, -0.2) is 4.98 Å². The summed E-state index contributed by atoms with van der Waals surface area (Å²) in [5.41, 5.74) is 0.963. The summed E-state index contributed by atoms with van der Waals surface area (Å²) in [5, 5.41) is 8.68. The zero-order valence-electron chi connectivity index (χ0n) is 10.7. The minimum absolute atomic E-state index is 0.0628. The summed E-state index contributed by atoms with van der Waals surface area (Å²) in [6, 6.07) is 0.204. The first-order valence-corrected chi connectivity index (χ1v) is 7.10. The number of rotatable bonds is 4. The van der Waals surface area contributed by atoms with Gasteiger partial charge >= 0.3 is 0 Å². The average molecular weight is 269 g/mol. The number of thiazole rings is 1. The number of carbonyl (C=O) groups excluding carboxylic acids is 1. The second-order valence-corrected chi connectivity index (χ2v) is 5.32. The zero-order chi connectivity index (χ0) is 13.0. The van der Waals surface area contributed by atoms with Crippen LogP contribution in [0.15, 0.2) is 5.38 Å². The number of amides is 1. The van der Waals surface area contributed by atoms with Crippen LogP contribution in [-0.2, 0) is 9.53 Å². The molecule has 18 heavy (non-hydrogen) atoms. The maximum atomic E-state index is 12.0. The fourth-order valence-electron chi connectivity index (χ4n) is 1.86. The van der Waals surface area contributed by atoms with Crippen molar-refractivity contribution in [1.29, 1.82) is 0 Å². The molecule has 1 atom stereocenters. The van der Waals surface area contributed by atoms with Crippen LogP contribution in [0.2, 0.25) is 0 Å². The lowest BCUT2D eigenvalue weighted by Gasteiger charge is -2.20. The van der Waals surface area contributed by atoms with Crippen LogP contribution in [-0.4, -0.2) is 31.2 Å². The Morgan fingerprint density at radius 2 is 2.28 bits per heavy atom. The van der Waals surface area contributed by atoms with E-state index in [0.29, 0.717) is 18.3 Å². The second-order valence-electron chi connectivity index (χ2n) is 4.46. The molecule has 0 bridgehead atoms. The molecule has 2 heterocycles. The van der Waals surface area contributed by atoms with Crippen LogP contribution in [0, 0.1) is 5.92 Å². The van der Waals surface area contributed by atoms with Gasteiger partial charge in [0, 0.05) is 30.6 Å². The molecule has 0 radical (unpaired) electrons. The molecule has 1 aliphatic heterocycles. The smallest absolute Gasteiger partial charge is 0.229 e. The van der Waals surface area contributed by atoms with E-state index in [0.717, 1.165) is 18.5 Å². The maximum absolute atomic E-state index is 12.0. The lowest BCUT2D eigenvalue weighted by atomic mass is 10.00. The highest BCUT2D eigenvalue weighted by molar-refractivity contribution is 7.13. The van der Waals surface area contributed by atoms with Crippen LogP contribution in [0.1, 0.15) is 31.5 Å². The van der Waals surface area contributed by atoms with Crippen molar-refractivity contribution in [3.8, 4) is 0 Å². The van der Waals surface area contributed by atoms with Crippen LogP contribution in [0.3, 0.4) is 0 Å². The van der Waals surface area contributed by atoms with Crippen molar-refractivity contribution in [2.75, 3.05) is 25.6 Å². The molecular formula is C12H19N3O2S. The summed E-state index contributed by atoms with van der Waals surface area (Å²) < 4.78 is 5.25. The molecule has 1 saturated heterocycles. The van der Waals surface area contributed by atoms with Crippen LogP contribution in [0.25, 0.3) is 0 Å². The first kappa shape index (κ1) is 13.5. The number of hydrogen-bond donors (Lipinski definition) is 2. The lowest BCUT2D eigenvalue weighted by Crippen LogP contribution is -2.28. The van der Waals surface area contributed by atoms with Crippen molar-refractivity contribution in [2.45, 2.75) is 25.8 Å². The Kier molecular flexibility index (Phi) is 4.68. The van der Waals surface area contributed by atoms with Crippen LogP contribution >= 0.6 is 11.3 Å². The van der Waals surface area contributed by atoms with Crippen molar-refractivity contribution < 1.29 is 9.53 Å². The summed E-state index contributed by atoms with van der Waals surface area (Å²) in [6.07, 6.45) is 1.61. The van der Waals surface area contributed by atoms with Gasteiger partial charge in [-0.05, 0) is 26.8 Å². The molecule has 1 aliphatic rings. The molecule has 0 spiro atoms. The molecule has 1 unspecified atom stereocenters. The van der Waals surface area contributed by atoms with Crippen molar-refractivity contribution >= 4 is 22.4 Å². The third-order valence-corrected chi connectivity index (χ3v) is 4.00. The molecule has 2 rings (SSSR count). The molecular weight excluding hydrogens is 250 g/mol. The van der Waals surface area contributed by atoms with Crippen molar-refractivity contribution in [3.63, 3.8) is 0 Å². The van der Waals surface area contributed by atoms with Crippen molar-refractivity contribution in [3.05, 3.63) is 11.1 Å². The fourth-order valence-corrected chi connectivity index (χ4v) is 2.66. The van der Waals surface area contributed by atoms with E-state index in [1.807, 2.05) is 19.4 Å². The molecule has 0 aliphatic carbocycles. The Morgan fingerprint density at radius 1 is 1.56 bits per heavy atom. The Labute approximate surface area is 111 Å². The second kappa shape index (κ2) is 6.26. The van der Waals surface area contributed by atoms with Crippen LogP contribution in [0.5, 0.6) is 0 Å². The van der Waals surface area contributed by atoms with Gasteiger partial charge in [-0.3, -0.25) is 4.79 Å². The molecule has 1 aromatic rings. The molecule has 0 saturated carbocycles. The minimum atomic E-state index is 0.0628. The molecule has 2 N–H and O–H groups in total. The van der Waals surface area contributed by atoms with Gasteiger partial charge in [-0.15, -0.1) is 11.3 Å². The van der Waals surface area contributed by atoms with E-state index in [1.54, 1.807) is 0 Å². The van der Waals surface area contributed by atoms with Crippen LogP contribution in [0.4, 0.5) is 5.13 Å². The number of hydrogen-bond acceptors (Lipinski definition) is 5. The van der Waals surface area contributed by atoms with E-state index in [1.165, 1.54) is 11.3 Å². The molecule has 5 nitrogen and oxygen atoms in total. The summed E-state index contributed by atoms with van der Waals surface area (Å²) in [7, 11) is 1.89. The SMILES string of the molecule is CNC(C)c1csc(NC(=O)C2CCOCC2)n1. The minimum Gasteiger partial charge on any atom is -0.381 e. The summed E-state index contributed by atoms with van der Waals surface area (Å²) >= 11 is 1.47. The first-order chi connectivity index (χ1) is 8.70. The van der Waals surface area contributed by atoms with Gasteiger partial charge < -0.3 is 15.4 Å². The normalized spacial score (nSPS) is 18.6. The fraction of sp³-hybridized carbons (Fsp3) is 0.667. The van der Waals surface area contributed by atoms with E-state index >= 15 is 0 Å². The predicted octanol–water partition coefficient (Wildman–Crippen LogP) is 1.79. The van der Waals surface area contributed by atoms with Gasteiger partial charge in [-0.2, -0.15) is 0 Å². The van der Waals surface area contributed by atoms with E-state index in [9.17, 15) is 4.79 Å². The lowest BCUT2D eigenvalue weighted by molar-refractivity contribution is -0.122. The van der Waals surface area contributed by atoms with Gasteiger partial charge in [0.15, 0.2) is 5.13 Å². The average Bonchev–Trinajstić information content (AvgIpc) is 2.87. The standard InChI is InChI=1S/C12H19N3O2S/c1-8(13-2)10-7-18-12(14-10)15-11(16)9-3-5-17-6-4-9/h7-9,13H,3-6H2,1-2H3,(H,14,15,16). The van der Waals surface area contributed by atoms with E-state index < -0.39 is 0 Å². The van der Waals surface area contributed by atoms with Crippen LogP contribution < -0.4 is 10.6 Å². The van der Waals surface area contributed by atoms with E-state index in [2.05, 4.69) is 15.6 Å². The number of ether oxygens (including phenoxy) is 1. The molecule has 1 aromatic heterocycles. The molecule has 100 valence electrons. The highest BCUT2D eigenvalue weighted by Crippen LogP contribution is 2.22. The zero-order valence-corrected chi connectivity index (χ0v) is 11.5. The maximum Gasteiger partial charge on any atom is 0.229 e. The Hall–Kier alpha value is -0.980. The van der Waals surface area contributed by atoms with Gasteiger partial charge in [0.2, 0.25) is 5.91 Å². The van der Waals surface area contributed by atoms with Gasteiger partial charge in [0.1, 0.15) is 0 Å². The Morgan fingerprint density at radius 3 is 2.94 bits per heavy atom. The highest BCUT2D eigenvalue weighted by atomic mass is 32.1. The molecule has 1 fully saturated rings. The predicted molar refractivity (Wildman–Crippen MR) is 71.8 cm³/mol. The van der Waals surface area contributed by atoms with Gasteiger partial charge in [0.25, 0.3) is 0 Å². The van der Waals surface area contributed by atoms with Crippen molar-refractivity contribution in [1.82, 2.24) is 10.3 Å². The van der Waals surface area contributed by atoms with Gasteiger partial charge in [-0.1, -0.05) is 0 Å². The largest absolute Gasteiger partial charge is 0.381 e. The molecule has 1 amide bonds. The Bertz CT molecular complexity index is 402. The quantitative estimate of drug-likeness (QED) is 0.874. The number of anilines is 1. The van der Waals surface area contributed by atoms with E-state index in [-0.39, 0.29) is 17.9 Å². The summed E-state index contributed by atoms with van der Waals surface area (Å²) in [4.78, 5) is 16.4. The third-order valence-electron chi connectivity index (χ3n) is 3.22. The van der Waals surface area contributed by atoms with E-state index in [4.69, 9.17) is 4.74 Å². The topological polar surface area (TPSA) is 63.2 Å². The molecule has 0 aromatic carbocycles. The summed E-state index contributed by atoms with van der Waals surface area (Å²) in [6.45, 7) is 3.40. The highest BCUT2D eigenvalue weighted by Gasteiger charge is 2.22. The monoisotopic (exact) mass is 269 g/mol. The first-order valence-electron chi connectivity index (χ1n) is 6.22. The van der Waals surface area contributed by atoms with Crippen molar-refractivity contribution in [2.24, 2.45) is 5.92 Å². The summed E-state index contributed by atoms with van der Waals surface area (Å²) in [5.74, 6) is 0.129. The Balaban J connectivity index is 1.92.